The average molecular weight is 602 g/mol. The van der Waals surface area contributed by atoms with Gasteiger partial charge in [-0.3, -0.25) is 14.4 Å². The van der Waals surface area contributed by atoms with Crippen LogP contribution in [-0.4, -0.2) is 17.7 Å². The lowest BCUT2D eigenvalue weighted by molar-refractivity contribution is -0.116. The molecule has 44 heavy (non-hydrogen) atoms. The standard InChI is InChI=1S/C36H28FN3O3S/c37-31-19-11-10-16-27(31)24-32(40-34(41)26-14-6-2-7-15-26)35(42)38-29-20-22-30(23-21-29)44-33(25-12-4-1-5-13-25)36(43)39-28-17-8-3-9-18-28/h1-24,33H,(H,38,42)(H,39,43)(H,40,41)/b32-24-. The molecule has 0 radical (unpaired) electrons. The molecule has 0 aliphatic rings. The summed E-state index contributed by atoms with van der Waals surface area (Å²) in [6.07, 6.45) is 1.30. The first-order valence-electron chi connectivity index (χ1n) is 13.8. The number of hydrogen-bond acceptors (Lipinski definition) is 4. The Morgan fingerprint density at radius 3 is 1.86 bits per heavy atom. The van der Waals surface area contributed by atoms with Crippen LogP contribution >= 0.6 is 11.8 Å². The zero-order valence-electron chi connectivity index (χ0n) is 23.4. The van der Waals surface area contributed by atoms with Gasteiger partial charge in [-0.15, -0.1) is 11.8 Å². The number of thioether (sulfide) groups is 1. The van der Waals surface area contributed by atoms with Crippen LogP contribution in [0.3, 0.4) is 0 Å². The number of halogens is 1. The smallest absolute Gasteiger partial charge is 0.272 e. The second-order valence-corrected chi connectivity index (χ2v) is 10.8. The summed E-state index contributed by atoms with van der Waals surface area (Å²) in [5.41, 5.74) is 2.39. The Labute approximate surface area is 259 Å². The van der Waals surface area contributed by atoms with Gasteiger partial charge in [0.25, 0.3) is 11.8 Å². The molecular formula is C36H28FN3O3S. The van der Waals surface area contributed by atoms with Gasteiger partial charge in [0, 0.05) is 27.4 Å². The van der Waals surface area contributed by atoms with E-state index in [9.17, 15) is 18.8 Å². The third-order valence-electron chi connectivity index (χ3n) is 6.48. The Bertz CT molecular complexity index is 1760. The summed E-state index contributed by atoms with van der Waals surface area (Å²) < 4.78 is 14.4. The predicted molar refractivity (Wildman–Crippen MR) is 173 cm³/mol. The maximum Gasteiger partial charge on any atom is 0.272 e. The minimum Gasteiger partial charge on any atom is -0.325 e. The Hall–Kier alpha value is -5.47. The molecule has 0 fully saturated rings. The summed E-state index contributed by atoms with van der Waals surface area (Å²) >= 11 is 1.38. The van der Waals surface area contributed by atoms with Crippen molar-refractivity contribution in [3.05, 3.63) is 168 Å². The Balaban J connectivity index is 1.33. The number of carbonyl (C=O) groups excluding carboxylic acids is 3. The van der Waals surface area contributed by atoms with Crippen molar-refractivity contribution in [3.8, 4) is 0 Å². The zero-order valence-corrected chi connectivity index (χ0v) is 24.3. The van der Waals surface area contributed by atoms with Crippen molar-refractivity contribution in [3.63, 3.8) is 0 Å². The van der Waals surface area contributed by atoms with E-state index in [2.05, 4.69) is 16.0 Å². The third kappa shape index (κ3) is 8.08. The van der Waals surface area contributed by atoms with Crippen molar-refractivity contribution in [2.45, 2.75) is 10.1 Å². The lowest BCUT2D eigenvalue weighted by atomic mass is 10.1. The summed E-state index contributed by atoms with van der Waals surface area (Å²) in [5, 5.41) is 7.84. The van der Waals surface area contributed by atoms with Crippen LogP contribution in [0.4, 0.5) is 15.8 Å². The number of benzene rings is 5. The number of nitrogens with one attached hydrogen (secondary N) is 3. The SMILES string of the molecule is O=C(Nc1ccc(SC(C(=O)Nc2ccccc2)c2ccccc2)cc1)/C(=C/c1ccccc1F)NC(=O)c1ccccc1. The molecule has 0 aromatic heterocycles. The molecular weight excluding hydrogens is 573 g/mol. The van der Waals surface area contributed by atoms with Crippen LogP contribution in [-0.2, 0) is 9.59 Å². The number of amides is 3. The molecule has 0 aliphatic carbocycles. The summed E-state index contributed by atoms with van der Waals surface area (Å²) in [5.74, 6) is -1.82. The van der Waals surface area contributed by atoms with Crippen molar-refractivity contribution in [2.75, 3.05) is 10.6 Å². The van der Waals surface area contributed by atoms with Gasteiger partial charge in [0.15, 0.2) is 0 Å². The van der Waals surface area contributed by atoms with Crippen molar-refractivity contribution < 1.29 is 18.8 Å². The first-order chi connectivity index (χ1) is 21.5. The third-order valence-corrected chi connectivity index (χ3v) is 7.75. The van der Waals surface area contributed by atoms with E-state index in [0.717, 1.165) is 10.5 Å². The molecule has 3 N–H and O–H groups in total. The van der Waals surface area contributed by atoms with Crippen LogP contribution in [0.15, 0.2) is 150 Å². The van der Waals surface area contributed by atoms with Gasteiger partial charge in [0.2, 0.25) is 5.91 Å². The van der Waals surface area contributed by atoms with Crippen LogP contribution in [0, 0.1) is 5.82 Å². The van der Waals surface area contributed by atoms with Gasteiger partial charge < -0.3 is 16.0 Å². The van der Waals surface area contributed by atoms with E-state index in [1.807, 2.05) is 60.7 Å². The van der Waals surface area contributed by atoms with Gasteiger partial charge in [0.1, 0.15) is 16.8 Å². The summed E-state index contributed by atoms with van der Waals surface area (Å²) in [4.78, 5) is 40.3. The highest BCUT2D eigenvalue weighted by Crippen LogP contribution is 2.36. The van der Waals surface area contributed by atoms with E-state index in [-0.39, 0.29) is 17.2 Å². The largest absolute Gasteiger partial charge is 0.325 e. The number of para-hydroxylation sites is 1. The highest BCUT2D eigenvalue weighted by Gasteiger charge is 2.22. The highest BCUT2D eigenvalue weighted by atomic mass is 32.2. The van der Waals surface area contributed by atoms with E-state index in [0.29, 0.717) is 16.9 Å². The van der Waals surface area contributed by atoms with Gasteiger partial charge in [-0.2, -0.15) is 0 Å². The van der Waals surface area contributed by atoms with Crippen LogP contribution in [0.1, 0.15) is 26.7 Å². The fourth-order valence-corrected chi connectivity index (χ4v) is 5.30. The molecule has 6 nitrogen and oxygen atoms in total. The maximum atomic E-state index is 14.4. The van der Waals surface area contributed by atoms with Gasteiger partial charge in [0.05, 0.1) is 0 Å². The topological polar surface area (TPSA) is 87.3 Å². The van der Waals surface area contributed by atoms with Gasteiger partial charge in [-0.1, -0.05) is 84.9 Å². The second-order valence-electron chi connectivity index (χ2n) is 9.64. The monoisotopic (exact) mass is 601 g/mol. The van der Waals surface area contributed by atoms with Crippen molar-refractivity contribution in [1.29, 1.82) is 0 Å². The summed E-state index contributed by atoms with van der Waals surface area (Å²) in [6.45, 7) is 0. The fourth-order valence-electron chi connectivity index (χ4n) is 4.27. The zero-order chi connectivity index (χ0) is 30.7. The predicted octanol–water partition coefficient (Wildman–Crippen LogP) is 7.71. The Morgan fingerprint density at radius 1 is 0.636 bits per heavy atom. The van der Waals surface area contributed by atoms with E-state index in [1.165, 1.54) is 30.0 Å². The molecule has 5 aromatic carbocycles. The minimum atomic E-state index is -0.623. The molecule has 5 aromatic rings. The first-order valence-corrected chi connectivity index (χ1v) is 14.7. The molecule has 0 bridgehead atoms. The lowest BCUT2D eigenvalue weighted by Crippen LogP contribution is -2.30. The molecule has 218 valence electrons. The van der Waals surface area contributed by atoms with Gasteiger partial charge in [-0.05, 0) is 66.2 Å². The normalized spacial score (nSPS) is 11.7. The van der Waals surface area contributed by atoms with Gasteiger partial charge >= 0.3 is 0 Å². The quantitative estimate of drug-likeness (QED) is 0.113. The number of carbonyl (C=O) groups is 3. The van der Waals surface area contributed by atoms with Crippen LogP contribution < -0.4 is 16.0 Å². The minimum absolute atomic E-state index is 0.121. The summed E-state index contributed by atoms with van der Waals surface area (Å²) in [6, 6.07) is 40.2. The van der Waals surface area contributed by atoms with E-state index >= 15 is 0 Å². The van der Waals surface area contributed by atoms with Crippen molar-refractivity contribution in [1.82, 2.24) is 5.32 Å². The van der Waals surface area contributed by atoms with Crippen LogP contribution in [0.2, 0.25) is 0 Å². The average Bonchev–Trinajstić information content (AvgIpc) is 3.06. The van der Waals surface area contributed by atoms with Crippen molar-refractivity contribution in [2.24, 2.45) is 0 Å². The molecule has 0 heterocycles. The molecule has 0 aliphatic heterocycles. The van der Waals surface area contributed by atoms with E-state index < -0.39 is 22.9 Å². The number of rotatable bonds is 10. The maximum absolute atomic E-state index is 14.4. The molecule has 0 spiro atoms. The summed E-state index contributed by atoms with van der Waals surface area (Å²) in [7, 11) is 0. The van der Waals surface area contributed by atoms with E-state index in [1.54, 1.807) is 66.7 Å². The number of anilines is 2. The second kappa shape index (κ2) is 14.6. The molecule has 5 rings (SSSR count). The fraction of sp³-hybridized carbons (Fsp3) is 0.0278. The van der Waals surface area contributed by atoms with Crippen LogP contribution in [0.5, 0.6) is 0 Å². The Kier molecular flexibility index (Phi) is 9.97. The molecule has 0 saturated carbocycles. The number of hydrogen-bond donors (Lipinski definition) is 3. The molecule has 1 unspecified atom stereocenters. The van der Waals surface area contributed by atoms with E-state index in [4.69, 9.17) is 0 Å². The molecule has 0 saturated heterocycles. The van der Waals surface area contributed by atoms with Crippen molar-refractivity contribution >= 4 is 46.9 Å². The molecule has 1 atom stereocenters. The Morgan fingerprint density at radius 2 is 1.20 bits per heavy atom. The molecule has 8 heteroatoms. The molecule has 3 amide bonds. The van der Waals surface area contributed by atoms with Gasteiger partial charge in [-0.25, -0.2) is 4.39 Å². The van der Waals surface area contributed by atoms with Crippen LogP contribution in [0.25, 0.3) is 6.08 Å². The highest BCUT2D eigenvalue weighted by molar-refractivity contribution is 8.00. The lowest BCUT2D eigenvalue weighted by Gasteiger charge is -2.17. The first kappa shape index (κ1) is 30.0.